The smallest absolute Gasteiger partial charge is 0.332 e. The van der Waals surface area contributed by atoms with Gasteiger partial charge in [-0.25, -0.2) is 9.18 Å². The fraction of sp³-hybridized carbons (Fsp3) is 0.385. The predicted octanol–water partition coefficient (Wildman–Crippen LogP) is 1.42. The first-order valence-electron chi connectivity index (χ1n) is 5.91. The summed E-state index contributed by atoms with van der Waals surface area (Å²) < 4.78 is 18.7. The number of aliphatic carboxylic acids is 1. The van der Waals surface area contributed by atoms with Gasteiger partial charge in [0.25, 0.3) is 5.91 Å². The molecule has 1 aliphatic rings. The molecule has 19 heavy (non-hydrogen) atoms. The number of hydrogen-bond donors (Lipinski definition) is 1. The summed E-state index contributed by atoms with van der Waals surface area (Å²) in [5.41, 5.74) is 0.148. The Morgan fingerprint density at radius 1 is 1.32 bits per heavy atom. The van der Waals surface area contributed by atoms with Crippen molar-refractivity contribution in [2.24, 2.45) is 0 Å². The average molecular weight is 267 g/mol. The number of carbonyl (C=O) groups excluding carboxylic acids is 1. The molecule has 6 heteroatoms. The fourth-order valence-corrected chi connectivity index (χ4v) is 2.06. The van der Waals surface area contributed by atoms with Crippen molar-refractivity contribution in [1.29, 1.82) is 0 Å². The Labute approximate surface area is 109 Å². The number of nitrogens with zero attached hydrogens (tertiary/aromatic N) is 1. The molecule has 1 aromatic rings. The van der Waals surface area contributed by atoms with Crippen LogP contribution in [0.25, 0.3) is 0 Å². The molecule has 0 spiro atoms. The molecule has 1 aliphatic heterocycles. The van der Waals surface area contributed by atoms with E-state index in [1.165, 1.54) is 25.2 Å². The zero-order valence-corrected chi connectivity index (χ0v) is 10.4. The molecule has 1 amide bonds. The topological polar surface area (TPSA) is 66.8 Å². The maximum Gasteiger partial charge on any atom is 0.332 e. The summed E-state index contributed by atoms with van der Waals surface area (Å²) in [4.78, 5) is 24.0. The highest BCUT2D eigenvalue weighted by Gasteiger charge is 2.36. The molecular weight excluding hydrogens is 253 g/mol. The highest BCUT2D eigenvalue weighted by Crippen LogP contribution is 2.24. The minimum Gasteiger partial charge on any atom is -0.479 e. The molecule has 0 bridgehead atoms. The van der Waals surface area contributed by atoms with Gasteiger partial charge in [-0.3, -0.25) is 4.79 Å². The van der Waals surface area contributed by atoms with Crippen LogP contribution in [0.2, 0.25) is 0 Å². The third-order valence-corrected chi connectivity index (χ3v) is 3.11. The van der Waals surface area contributed by atoms with Gasteiger partial charge in [0.1, 0.15) is 11.9 Å². The number of likely N-dealkylation sites (N-methyl/N-ethyl adjacent to an activating group) is 1. The van der Waals surface area contributed by atoms with E-state index in [1.54, 1.807) is 6.07 Å². The number of rotatable bonds is 3. The number of carbonyl (C=O) groups is 2. The summed E-state index contributed by atoms with van der Waals surface area (Å²) >= 11 is 0. The number of amides is 1. The van der Waals surface area contributed by atoms with Crippen LogP contribution in [-0.2, 0) is 14.3 Å². The van der Waals surface area contributed by atoms with Gasteiger partial charge in [0.2, 0.25) is 0 Å². The minimum atomic E-state index is -1.08. The first kappa shape index (κ1) is 13.5. The molecule has 1 heterocycles. The number of hydrogen-bond acceptors (Lipinski definition) is 3. The van der Waals surface area contributed by atoms with Gasteiger partial charge in [0, 0.05) is 7.05 Å². The third kappa shape index (κ3) is 2.73. The number of carboxylic acids is 1. The average Bonchev–Trinajstić information content (AvgIpc) is 2.87. The van der Waals surface area contributed by atoms with Crippen LogP contribution in [0, 0.1) is 5.82 Å². The monoisotopic (exact) mass is 267 g/mol. The van der Waals surface area contributed by atoms with Crippen molar-refractivity contribution in [2.75, 3.05) is 11.9 Å². The molecule has 1 N–H and O–H groups in total. The summed E-state index contributed by atoms with van der Waals surface area (Å²) in [6.07, 6.45) is -1.17. The van der Waals surface area contributed by atoms with Crippen molar-refractivity contribution >= 4 is 17.6 Å². The van der Waals surface area contributed by atoms with Crippen molar-refractivity contribution in [2.45, 2.75) is 25.0 Å². The summed E-state index contributed by atoms with van der Waals surface area (Å²) in [5, 5.41) is 8.80. The molecule has 0 aliphatic carbocycles. The van der Waals surface area contributed by atoms with Crippen molar-refractivity contribution in [3.63, 3.8) is 0 Å². The fourth-order valence-electron chi connectivity index (χ4n) is 2.06. The predicted molar refractivity (Wildman–Crippen MR) is 65.3 cm³/mol. The van der Waals surface area contributed by atoms with Gasteiger partial charge in [0.15, 0.2) is 6.10 Å². The number of benzene rings is 1. The molecule has 1 saturated heterocycles. The second-order valence-corrected chi connectivity index (χ2v) is 4.38. The van der Waals surface area contributed by atoms with E-state index in [0.717, 1.165) is 4.90 Å². The Bertz CT molecular complexity index is 505. The lowest BCUT2D eigenvalue weighted by molar-refractivity contribution is -0.151. The largest absolute Gasteiger partial charge is 0.479 e. The highest BCUT2D eigenvalue weighted by atomic mass is 19.1. The Kier molecular flexibility index (Phi) is 3.80. The molecule has 2 atom stereocenters. The Balaban J connectivity index is 2.09. The SMILES string of the molecule is CN(C(=O)[C@@H]1CC[C@H](C(=O)O)O1)c1ccccc1F. The molecule has 0 unspecified atom stereocenters. The van der Waals surface area contributed by atoms with Crippen LogP contribution in [0.3, 0.4) is 0 Å². The summed E-state index contributed by atoms with van der Waals surface area (Å²) in [6, 6.07) is 5.90. The molecular formula is C13H14FNO4. The summed E-state index contributed by atoms with van der Waals surface area (Å²) in [7, 11) is 1.44. The maximum atomic E-state index is 13.6. The van der Waals surface area contributed by atoms with Gasteiger partial charge in [-0.1, -0.05) is 12.1 Å². The molecule has 0 aromatic heterocycles. The van der Waals surface area contributed by atoms with Crippen molar-refractivity contribution in [3.05, 3.63) is 30.1 Å². The number of anilines is 1. The van der Waals surface area contributed by atoms with Crippen LogP contribution < -0.4 is 4.90 Å². The first-order chi connectivity index (χ1) is 9.00. The zero-order valence-electron chi connectivity index (χ0n) is 10.4. The molecule has 102 valence electrons. The van der Waals surface area contributed by atoms with Gasteiger partial charge < -0.3 is 14.7 Å². The van der Waals surface area contributed by atoms with Gasteiger partial charge >= 0.3 is 5.97 Å². The van der Waals surface area contributed by atoms with Crippen LogP contribution in [0.4, 0.5) is 10.1 Å². The van der Waals surface area contributed by atoms with E-state index in [4.69, 9.17) is 9.84 Å². The van der Waals surface area contributed by atoms with E-state index in [1.807, 2.05) is 0 Å². The van der Waals surface area contributed by atoms with E-state index in [9.17, 15) is 14.0 Å². The Morgan fingerprint density at radius 3 is 2.53 bits per heavy atom. The van der Waals surface area contributed by atoms with Gasteiger partial charge in [-0.15, -0.1) is 0 Å². The lowest BCUT2D eigenvalue weighted by Crippen LogP contribution is -2.37. The molecule has 0 radical (unpaired) electrons. The number of carboxylic acid groups (broad SMARTS) is 1. The van der Waals surface area contributed by atoms with Crippen LogP contribution >= 0.6 is 0 Å². The second kappa shape index (κ2) is 5.36. The summed E-state index contributed by atoms with van der Waals surface area (Å²) in [5.74, 6) is -2.02. The van der Waals surface area contributed by atoms with Crippen LogP contribution in [0.1, 0.15) is 12.8 Å². The van der Waals surface area contributed by atoms with Crippen molar-refractivity contribution in [1.82, 2.24) is 0 Å². The van der Waals surface area contributed by atoms with E-state index >= 15 is 0 Å². The van der Waals surface area contributed by atoms with E-state index in [-0.39, 0.29) is 12.1 Å². The van der Waals surface area contributed by atoms with E-state index < -0.39 is 29.9 Å². The minimum absolute atomic E-state index is 0.148. The highest BCUT2D eigenvalue weighted by molar-refractivity contribution is 5.96. The van der Waals surface area contributed by atoms with Gasteiger partial charge in [0.05, 0.1) is 5.69 Å². The Hall–Kier alpha value is -1.95. The lowest BCUT2D eigenvalue weighted by Gasteiger charge is -2.21. The summed E-state index contributed by atoms with van der Waals surface area (Å²) in [6.45, 7) is 0. The number of ether oxygens (including phenoxy) is 1. The lowest BCUT2D eigenvalue weighted by atomic mass is 10.1. The van der Waals surface area contributed by atoms with Crippen molar-refractivity contribution < 1.29 is 23.8 Å². The first-order valence-corrected chi connectivity index (χ1v) is 5.91. The molecule has 1 fully saturated rings. The maximum absolute atomic E-state index is 13.6. The van der Waals surface area contributed by atoms with E-state index in [0.29, 0.717) is 6.42 Å². The normalized spacial score (nSPS) is 22.2. The third-order valence-electron chi connectivity index (χ3n) is 3.11. The van der Waals surface area contributed by atoms with E-state index in [2.05, 4.69) is 0 Å². The number of halogens is 1. The molecule has 2 rings (SSSR count). The second-order valence-electron chi connectivity index (χ2n) is 4.38. The number of para-hydroxylation sites is 1. The van der Waals surface area contributed by atoms with Gasteiger partial charge in [-0.2, -0.15) is 0 Å². The standard InChI is InChI=1S/C13H14FNO4/c1-15(9-5-3-2-4-8(9)14)12(16)10-6-7-11(19-10)13(17)18/h2-5,10-11H,6-7H2,1H3,(H,17,18)/t10-,11+/m0/s1. The Morgan fingerprint density at radius 2 is 1.95 bits per heavy atom. The molecule has 0 saturated carbocycles. The van der Waals surface area contributed by atoms with Crippen LogP contribution in [-0.4, -0.2) is 36.2 Å². The molecule has 5 nitrogen and oxygen atoms in total. The van der Waals surface area contributed by atoms with Crippen molar-refractivity contribution in [3.8, 4) is 0 Å². The van der Waals surface area contributed by atoms with Gasteiger partial charge in [-0.05, 0) is 25.0 Å². The van der Waals surface area contributed by atoms with Crippen LogP contribution in [0.5, 0.6) is 0 Å². The zero-order chi connectivity index (χ0) is 14.0. The molecule has 1 aromatic carbocycles. The van der Waals surface area contributed by atoms with Crippen LogP contribution in [0.15, 0.2) is 24.3 Å². The quantitative estimate of drug-likeness (QED) is 0.899.